The van der Waals surface area contributed by atoms with Crippen molar-refractivity contribution in [3.05, 3.63) is 59.8 Å². The third-order valence-corrected chi connectivity index (χ3v) is 2.32. The molecule has 90 valence electrons. The van der Waals surface area contributed by atoms with Gasteiger partial charge >= 0.3 is 0 Å². The first kappa shape index (κ1) is 12.0. The van der Waals surface area contributed by atoms with Gasteiger partial charge in [0.25, 0.3) is 0 Å². The van der Waals surface area contributed by atoms with E-state index in [1.54, 1.807) is 6.07 Å². The molecule has 0 bridgehead atoms. The van der Waals surface area contributed by atoms with Crippen LogP contribution in [0.3, 0.4) is 0 Å². The molecule has 0 aliphatic carbocycles. The zero-order chi connectivity index (χ0) is 12.8. The van der Waals surface area contributed by atoms with E-state index >= 15 is 0 Å². The average Bonchev–Trinajstić information content (AvgIpc) is 2.37. The van der Waals surface area contributed by atoms with Crippen LogP contribution in [0.5, 0.6) is 0 Å². The lowest BCUT2D eigenvalue weighted by atomic mass is 10.2. The van der Waals surface area contributed by atoms with Gasteiger partial charge in [-0.25, -0.2) is 4.98 Å². The van der Waals surface area contributed by atoms with Crippen molar-refractivity contribution in [2.45, 2.75) is 6.92 Å². The van der Waals surface area contributed by atoms with Gasteiger partial charge in [-0.05, 0) is 23.8 Å². The van der Waals surface area contributed by atoms with Crippen LogP contribution in [-0.2, 0) is 4.79 Å². The lowest BCUT2D eigenvalue weighted by molar-refractivity contribution is -0.114. The van der Waals surface area contributed by atoms with E-state index in [9.17, 15) is 4.79 Å². The van der Waals surface area contributed by atoms with Crippen molar-refractivity contribution >= 4 is 23.9 Å². The number of carbonyl (C=O) groups is 1. The monoisotopic (exact) mass is 238 g/mol. The van der Waals surface area contributed by atoms with E-state index in [1.807, 2.05) is 54.6 Å². The molecule has 3 nitrogen and oxygen atoms in total. The van der Waals surface area contributed by atoms with Gasteiger partial charge in [0.1, 0.15) is 5.82 Å². The third kappa shape index (κ3) is 3.56. The van der Waals surface area contributed by atoms with Crippen LogP contribution in [0.4, 0.5) is 5.82 Å². The number of anilines is 1. The Hall–Kier alpha value is -2.42. The number of pyridine rings is 1. The molecule has 0 fully saturated rings. The molecule has 18 heavy (non-hydrogen) atoms. The van der Waals surface area contributed by atoms with Gasteiger partial charge in [0.05, 0.1) is 5.69 Å². The fourth-order valence-corrected chi connectivity index (χ4v) is 1.54. The standard InChI is InChI=1S/C15H14N2O/c1-12(18)16-15-9-5-8-14(17-15)11-10-13-6-3-2-4-7-13/h2-11H,1H3,(H,16,17,18)/b11-10+. The minimum absolute atomic E-state index is 0.119. The summed E-state index contributed by atoms with van der Waals surface area (Å²) in [5, 5.41) is 2.66. The lowest BCUT2D eigenvalue weighted by Gasteiger charge is -2.01. The molecule has 3 heteroatoms. The molecule has 0 radical (unpaired) electrons. The van der Waals surface area contributed by atoms with Crippen molar-refractivity contribution in [1.82, 2.24) is 4.98 Å². The first-order valence-electron chi connectivity index (χ1n) is 5.72. The second-order valence-electron chi connectivity index (χ2n) is 3.87. The Morgan fingerprint density at radius 1 is 1.06 bits per heavy atom. The van der Waals surface area contributed by atoms with Gasteiger partial charge in [-0.3, -0.25) is 4.79 Å². The number of amides is 1. The molecule has 1 aromatic carbocycles. The highest BCUT2D eigenvalue weighted by Gasteiger charge is 1.96. The second kappa shape index (κ2) is 5.77. The van der Waals surface area contributed by atoms with Crippen LogP contribution in [0.1, 0.15) is 18.2 Å². The van der Waals surface area contributed by atoms with Crippen LogP contribution in [0.2, 0.25) is 0 Å². The number of nitrogens with zero attached hydrogens (tertiary/aromatic N) is 1. The van der Waals surface area contributed by atoms with Gasteiger partial charge in [0, 0.05) is 6.92 Å². The zero-order valence-corrected chi connectivity index (χ0v) is 10.1. The molecule has 1 heterocycles. The first-order valence-corrected chi connectivity index (χ1v) is 5.72. The van der Waals surface area contributed by atoms with Crippen LogP contribution in [-0.4, -0.2) is 10.9 Å². The van der Waals surface area contributed by atoms with Crippen LogP contribution in [0.15, 0.2) is 48.5 Å². The smallest absolute Gasteiger partial charge is 0.222 e. The number of hydrogen-bond donors (Lipinski definition) is 1. The Kier molecular flexibility index (Phi) is 3.86. The molecule has 0 saturated heterocycles. The van der Waals surface area contributed by atoms with Crippen molar-refractivity contribution in [1.29, 1.82) is 0 Å². The second-order valence-corrected chi connectivity index (χ2v) is 3.87. The van der Waals surface area contributed by atoms with Crippen molar-refractivity contribution in [2.75, 3.05) is 5.32 Å². The molecule has 1 aromatic heterocycles. The fraction of sp³-hybridized carbons (Fsp3) is 0.0667. The average molecular weight is 238 g/mol. The Morgan fingerprint density at radius 3 is 2.56 bits per heavy atom. The van der Waals surface area contributed by atoms with Crippen molar-refractivity contribution in [2.24, 2.45) is 0 Å². The van der Waals surface area contributed by atoms with E-state index in [0.29, 0.717) is 5.82 Å². The largest absolute Gasteiger partial charge is 0.311 e. The summed E-state index contributed by atoms with van der Waals surface area (Å²) in [6.45, 7) is 1.47. The van der Waals surface area contributed by atoms with Gasteiger partial charge < -0.3 is 5.32 Å². The summed E-state index contributed by atoms with van der Waals surface area (Å²) in [6.07, 6.45) is 3.90. The van der Waals surface area contributed by atoms with E-state index in [-0.39, 0.29) is 5.91 Å². The highest BCUT2D eigenvalue weighted by Crippen LogP contribution is 2.09. The van der Waals surface area contributed by atoms with Crippen molar-refractivity contribution in [3.63, 3.8) is 0 Å². The molecular weight excluding hydrogens is 224 g/mol. The molecule has 1 amide bonds. The highest BCUT2D eigenvalue weighted by molar-refractivity contribution is 5.87. The fourth-order valence-electron chi connectivity index (χ4n) is 1.54. The number of benzene rings is 1. The number of aromatic nitrogens is 1. The Bertz CT molecular complexity index is 562. The summed E-state index contributed by atoms with van der Waals surface area (Å²) in [4.78, 5) is 15.2. The molecule has 0 unspecified atom stereocenters. The molecule has 0 atom stereocenters. The summed E-state index contributed by atoms with van der Waals surface area (Å²) < 4.78 is 0. The molecule has 0 aliphatic heterocycles. The number of nitrogens with one attached hydrogen (secondary N) is 1. The number of carbonyl (C=O) groups excluding carboxylic acids is 1. The van der Waals surface area contributed by atoms with Gasteiger partial charge in [-0.2, -0.15) is 0 Å². The van der Waals surface area contributed by atoms with Crippen LogP contribution in [0, 0.1) is 0 Å². The Balaban J connectivity index is 2.14. The zero-order valence-electron chi connectivity index (χ0n) is 10.1. The van der Waals surface area contributed by atoms with Gasteiger partial charge in [0.15, 0.2) is 0 Å². The molecule has 2 aromatic rings. The third-order valence-electron chi connectivity index (χ3n) is 2.32. The van der Waals surface area contributed by atoms with E-state index in [1.165, 1.54) is 6.92 Å². The maximum atomic E-state index is 10.9. The Morgan fingerprint density at radius 2 is 1.83 bits per heavy atom. The van der Waals surface area contributed by atoms with Crippen LogP contribution >= 0.6 is 0 Å². The topological polar surface area (TPSA) is 42.0 Å². The molecule has 0 saturated carbocycles. The minimum atomic E-state index is -0.119. The van der Waals surface area contributed by atoms with E-state index in [4.69, 9.17) is 0 Å². The predicted octanol–water partition coefficient (Wildman–Crippen LogP) is 3.21. The van der Waals surface area contributed by atoms with E-state index < -0.39 is 0 Å². The maximum Gasteiger partial charge on any atom is 0.222 e. The molecule has 0 aliphatic rings. The van der Waals surface area contributed by atoms with Gasteiger partial charge in [-0.1, -0.05) is 42.5 Å². The first-order chi connectivity index (χ1) is 8.74. The quantitative estimate of drug-likeness (QED) is 0.892. The van der Waals surface area contributed by atoms with E-state index in [2.05, 4.69) is 10.3 Å². The lowest BCUT2D eigenvalue weighted by Crippen LogP contribution is -2.07. The van der Waals surface area contributed by atoms with Crippen LogP contribution < -0.4 is 5.32 Å². The maximum absolute atomic E-state index is 10.9. The summed E-state index contributed by atoms with van der Waals surface area (Å²) in [7, 11) is 0. The minimum Gasteiger partial charge on any atom is -0.311 e. The highest BCUT2D eigenvalue weighted by atomic mass is 16.1. The Labute approximate surface area is 106 Å². The van der Waals surface area contributed by atoms with Gasteiger partial charge in [0.2, 0.25) is 5.91 Å². The van der Waals surface area contributed by atoms with Crippen molar-refractivity contribution < 1.29 is 4.79 Å². The van der Waals surface area contributed by atoms with E-state index in [0.717, 1.165) is 11.3 Å². The van der Waals surface area contributed by atoms with Crippen LogP contribution in [0.25, 0.3) is 12.2 Å². The SMILES string of the molecule is CC(=O)Nc1cccc(/C=C/c2ccccc2)n1. The summed E-state index contributed by atoms with van der Waals surface area (Å²) in [5.74, 6) is 0.449. The summed E-state index contributed by atoms with van der Waals surface area (Å²) in [5.41, 5.74) is 1.93. The molecule has 0 spiro atoms. The number of rotatable bonds is 3. The van der Waals surface area contributed by atoms with Crippen molar-refractivity contribution in [3.8, 4) is 0 Å². The predicted molar refractivity (Wildman–Crippen MR) is 73.9 cm³/mol. The summed E-state index contributed by atoms with van der Waals surface area (Å²) >= 11 is 0. The molecule has 2 rings (SSSR count). The van der Waals surface area contributed by atoms with Gasteiger partial charge in [-0.15, -0.1) is 0 Å². The summed E-state index contributed by atoms with van der Waals surface area (Å²) in [6, 6.07) is 15.5. The normalized spacial score (nSPS) is 10.5. The molecule has 1 N–H and O–H groups in total. The molecular formula is C15H14N2O. The number of hydrogen-bond acceptors (Lipinski definition) is 2.